The normalized spacial score (nSPS) is 11.6. The summed E-state index contributed by atoms with van der Waals surface area (Å²) in [6.07, 6.45) is -0.811. The van der Waals surface area contributed by atoms with Gasteiger partial charge in [-0.05, 0) is 42.8 Å². The van der Waals surface area contributed by atoms with Gasteiger partial charge in [-0.1, -0.05) is 35.3 Å². The summed E-state index contributed by atoms with van der Waals surface area (Å²) in [5, 5.41) is 14.0. The predicted molar refractivity (Wildman–Crippen MR) is 86.0 cm³/mol. The quantitative estimate of drug-likeness (QED) is 0.897. The van der Waals surface area contributed by atoms with Gasteiger partial charge >= 0.3 is 0 Å². The molecular formula is C16H12Cl2NO4-. The molecule has 0 aliphatic carbocycles. The number of halogens is 2. The Balaban J connectivity index is 2.00. The molecule has 1 amide bonds. The topological polar surface area (TPSA) is 78.5 Å². The van der Waals surface area contributed by atoms with Crippen molar-refractivity contribution in [2.24, 2.45) is 0 Å². The largest absolute Gasteiger partial charge is 0.545 e. The van der Waals surface area contributed by atoms with E-state index in [1.54, 1.807) is 19.1 Å². The van der Waals surface area contributed by atoms with E-state index in [0.29, 0.717) is 21.5 Å². The first-order chi connectivity index (χ1) is 10.9. The molecule has 0 bridgehead atoms. The van der Waals surface area contributed by atoms with Gasteiger partial charge in [-0.25, -0.2) is 0 Å². The van der Waals surface area contributed by atoms with E-state index in [0.717, 1.165) is 0 Å². The van der Waals surface area contributed by atoms with Gasteiger partial charge in [0, 0.05) is 10.7 Å². The molecule has 0 aromatic heterocycles. The third kappa shape index (κ3) is 4.61. The Labute approximate surface area is 142 Å². The van der Waals surface area contributed by atoms with Crippen LogP contribution in [0.15, 0.2) is 42.5 Å². The first-order valence-electron chi connectivity index (χ1n) is 6.61. The second-order valence-electron chi connectivity index (χ2n) is 4.69. The molecule has 120 valence electrons. The molecule has 0 radical (unpaired) electrons. The van der Waals surface area contributed by atoms with Gasteiger partial charge in [-0.15, -0.1) is 0 Å². The van der Waals surface area contributed by atoms with E-state index in [1.807, 2.05) is 0 Å². The van der Waals surface area contributed by atoms with Crippen molar-refractivity contribution in [1.29, 1.82) is 0 Å². The molecule has 0 aliphatic rings. The van der Waals surface area contributed by atoms with Crippen LogP contribution in [0.3, 0.4) is 0 Å². The minimum absolute atomic E-state index is 0.0280. The molecular weight excluding hydrogens is 341 g/mol. The maximum atomic E-state index is 12.1. The zero-order valence-electron chi connectivity index (χ0n) is 12.0. The number of carboxylic acids is 1. The first-order valence-corrected chi connectivity index (χ1v) is 7.36. The number of aromatic carboxylic acids is 1. The Kier molecular flexibility index (Phi) is 5.47. The molecule has 2 rings (SSSR count). The fraction of sp³-hybridized carbons (Fsp3) is 0.125. The van der Waals surface area contributed by atoms with Gasteiger partial charge in [-0.2, -0.15) is 0 Å². The lowest BCUT2D eigenvalue weighted by molar-refractivity contribution is -0.255. The number of amides is 1. The lowest BCUT2D eigenvalue weighted by Crippen LogP contribution is -2.30. The van der Waals surface area contributed by atoms with Crippen LogP contribution in [0, 0.1) is 0 Å². The Hall–Kier alpha value is -2.24. The molecule has 0 heterocycles. The summed E-state index contributed by atoms with van der Waals surface area (Å²) < 4.78 is 5.49. The minimum Gasteiger partial charge on any atom is -0.545 e. The number of carbonyl (C=O) groups is 2. The summed E-state index contributed by atoms with van der Waals surface area (Å²) in [6, 6.07) is 10.3. The van der Waals surface area contributed by atoms with Crippen molar-refractivity contribution in [3.8, 4) is 5.75 Å². The third-order valence-electron chi connectivity index (χ3n) is 2.96. The number of anilines is 1. The van der Waals surface area contributed by atoms with Crippen molar-refractivity contribution in [2.75, 3.05) is 5.32 Å². The standard InChI is InChI=1S/C16H13Cl2NO4/c1-9(23-14-7-4-11(17)8-13(14)18)15(20)19-12-5-2-10(3-6-12)16(21)22/h2-9H,1H3,(H,19,20)(H,21,22)/p-1/t9-/m1/s1. The summed E-state index contributed by atoms with van der Waals surface area (Å²) in [5.74, 6) is -1.35. The number of carbonyl (C=O) groups excluding carboxylic acids is 2. The van der Waals surface area contributed by atoms with Crippen molar-refractivity contribution >= 4 is 40.8 Å². The fourth-order valence-corrected chi connectivity index (χ4v) is 2.20. The van der Waals surface area contributed by atoms with Gasteiger partial charge in [0.15, 0.2) is 6.10 Å². The van der Waals surface area contributed by atoms with Gasteiger partial charge in [0.25, 0.3) is 5.91 Å². The molecule has 2 aromatic rings. The van der Waals surface area contributed by atoms with E-state index < -0.39 is 18.0 Å². The van der Waals surface area contributed by atoms with Gasteiger partial charge in [0.05, 0.1) is 11.0 Å². The zero-order chi connectivity index (χ0) is 17.0. The van der Waals surface area contributed by atoms with Crippen molar-refractivity contribution in [3.05, 3.63) is 58.1 Å². The molecule has 1 atom stereocenters. The van der Waals surface area contributed by atoms with E-state index in [4.69, 9.17) is 27.9 Å². The summed E-state index contributed by atoms with van der Waals surface area (Å²) >= 11 is 11.8. The van der Waals surface area contributed by atoms with E-state index in [9.17, 15) is 14.7 Å². The molecule has 0 spiro atoms. The molecule has 2 aromatic carbocycles. The second kappa shape index (κ2) is 7.35. The molecule has 0 unspecified atom stereocenters. The van der Waals surface area contributed by atoms with E-state index in [-0.39, 0.29) is 5.56 Å². The van der Waals surface area contributed by atoms with Crippen LogP contribution in [0.4, 0.5) is 5.69 Å². The van der Waals surface area contributed by atoms with Crippen molar-refractivity contribution in [1.82, 2.24) is 0 Å². The summed E-state index contributed by atoms with van der Waals surface area (Å²) in [7, 11) is 0. The highest BCUT2D eigenvalue weighted by Crippen LogP contribution is 2.28. The van der Waals surface area contributed by atoms with Crippen LogP contribution in [0.5, 0.6) is 5.75 Å². The monoisotopic (exact) mass is 352 g/mol. The average molecular weight is 353 g/mol. The van der Waals surface area contributed by atoms with E-state index >= 15 is 0 Å². The summed E-state index contributed by atoms with van der Waals surface area (Å²) in [6.45, 7) is 1.57. The van der Waals surface area contributed by atoms with Crippen LogP contribution in [-0.4, -0.2) is 18.0 Å². The van der Waals surface area contributed by atoms with E-state index in [1.165, 1.54) is 30.3 Å². The number of hydrogen-bond donors (Lipinski definition) is 1. The third-order valence-corrected chi connectivity index (χ3v) is 3.49. The maximum absolute atomic E-state index is 12.1. The summed E-state index contributed by atoms with van der Waals surface area (Å²) in [5.41, 5.74) is 0.470. The molecule has 1 N–H and O–H groups in total. The molecule has 0 fully saturated rings. The maximum Gasteiger partial charge on any atom is 0.265 e. The van der Waals surface area contributed by atoms with Gasteiger partial charge in [-0.3, -0.25) is 4.79 Å². The highest BCUT2D eigenvalue weighted by molar-refractivity contribution is 6.35. The fourth-order valence-electron chi connectivity index (χ4n) is 1.75. The van der Waals surface area contributed by atoms with Crippen molar-refractivity contribution < 1.29 is 19.4 Å². The molecule has 23 heavy (non-hydrogen) atoms. The van der Waals surface area contributed by atoms with Crippen LogP contribution < -0.4 is 15.2 Å². The number of benzene rings is 2. The van der Waals surface area contributed by atoms with Crippen LogP contribution >= 0.6 is 23.2 Å². The number of nitrogens with one attached hydrogen (secondary N) is 1. The van der Waals surface area contributed by atoms with Gasteiger partial charge < -0.3 is 20.0 Å². The Morgan fingerprint density at radius 1 is 1.13 bits per heavy atom. The molecule has 0 aliphatic heterocycles. The van der Waals surface area contributed by atoms with Crippen LogP contribution in [0.1, 0.15) is 17.3 Å². The molecule has 0 saturated carbocycles. The zero-order valence-corrected chi connectivity index (χ0v) is 13.5. The molecule has 5 nitrogen and oxygen atoms in total. The Morgan fingerprint density at radius 2 is 1.78 bits per heavy atom. The predicted octanol–water partition coefficient (Wildman–Crippen LogP) is 2.76. The Morgan fingerprint density at radius 3 is 2.35 bits per heavy atom. The summed E-state index contributed by atoms with van der Waals surface area (Å²) in [4.78, 5) is 22.7. The van der Waals surface area contributed by atoms with E-state index in [2.05, 4.69) is 5.32 Å². The number of hydrogen-bond acceptors (Lipinski definition) is 4. The molecule has 0 saturated heterocycles. The van der Waals surface area contributed by atoms with Gasteiger partial charge in [0.1, 0.15) is 5.75 Å². The van der Waals surface area contributed by atoms with Crippen LogP contribution in [0.25, 0.3) is 0 Å². The number of rotatable bonds is 5. The lowest BCUT2D eigenvalue weighted by Gasteiger charge is -2.16. The van der Waals surface area contributed by atoms with Crippen LogP contribution in [-0.2, 0) is 4.79 Å². The number of carboxylic acid groups (broad SMARTS) is 1. The molecule has 7 heteroatoms. The van der Waals surface area contributed by atoms with Crippen molar-refractivity contribution in [2.45, 2.75) is 13.0 Å². The smallest absolute Gasteiger partial charge is 0.265 e. The first kappa shape index (κ1) is 17.1. The van der Waals surface area contributed by atoms with Crippen molar-refractivity contribution in [3.63, 3.8) is 0 Å². The highest BCUT2D eigenvalue weighted by atomic mass is 35.5. The minimum atomic E-state index is -1.28. The average Bonchev–Trinajstić information content (AvgIpc) is 2.50. The highest BCUT2D eigenvalue weighted by Gasteiger charge is 2.16. The number of ether oxygens (including phenoxy) is 1. The lowest BCUT2D eigenvalue weighted by atomic mass is 10.2. The Bertz CT molecular complexity index is 731. The van der Waals surface area contributed by atoms with Gasteiger partial charge in [0.2, 0.25) is 0 Å². The SMILES string of the molecule is C[C@@H](Oc1ccc(Cl)cc1Cl)C(=O)Nc1ccc(C(=O)[O-])cc1. The second-order valence-corrected chi connectivity index (χ2v) is 5.53. The van der Waals surface area contributed by atoms with Crippen LogP contribution in [0.2, 0.25) is 10.0 Å².